The van der Waals surface area contributed by atoms with Crippen LogP contribution in [-0.2, 0) is 12.8 Å². The van der Waals surface area contributed by atoms with Crippen LogP contribution in [0.5, 0.6) is 0 Å². The van der Waals surface area contributed by atoms with Gasteiger partial charge >= 0.3 is 0 Å². The van der Waals surface area contributed by atoms with Crippen LogP contribution in [0.25, 0.3) is 5.65 Å². The van der Waals surface area contributed by atoms with Crippen molar-refractivity contribution in [1.82, 2.24) is 24.6 Å². The SMILES string of the molecule is Cc1nc2c(c(N3CCN(c4ccc5nccn5n4)CC3)n1)CCC2. The van der Waals surface area contributed by atoms with Crippen molar-refractivity contribution in [3.05, 3.63) is 41.6 Å². The highest BCUT2D eigenvalue weighted by Crippen LogP contribution is 2.29. The first-order valence-electron chi connectivity index (χ1n) is 8.94. The number of imidazole rings is 1. The average Bonchev–Trinajstić information content (AvgIpc) is 3.29. The molecule has 0 N–H and O–H groups in total. The van der Waals surface area contributed by atoms with Crippen molar-refractivity contribution in [2.75, 3.05) is 36.0 Å². The molecule has 3 aromatic heterocycles. The van der Waals surface area contributed by atoms with E-state index < -0.39 is 0 Å². The Morgan fingerprint density at radius 2 is 1.80 bits per heavy atom. The predicted molar refractivity (Wildman–Crippen MR) is 96.2 cm³/mol. The summed E-state index contributed by atoms with van der Waals surface area (Å²) in [5.74, 6) is 3.07. The van der Waals surface area contributed by atoms with Gasteiger partial charge in [-0.2, -0.15) is 0 Å². The van der Waals surface area contributed by atoms with Crippen molar-refractivity contribution >= 4 is 17.3 Å². The molecule has 0 bridgehead atoms. The molecular formula is C18H21N7. The summed E-state index contributed by atoms with van der Waals surface area (Å²) in [5.41, 5.74) is 3.52. The number of anilines is 2. The highest BCUT2D eigenvalue weighted by atomic mass is 15.4. The fourth-order valence-electron chi connectivity index (χ4n) is 3.92. The Hall–Kier alpha value is -2.70. The maximum atomic E-state index is 4.77. The van der Waals surface area contributed by atoms with Crippen LogP contribution in [0.3, 0.4) is 0 Å². The third-order valence-electron chi connectivity index (χ3n) is 5.17. The summed E-state index contributed by atoms with van der Waals surface area (Å²) in [6.07, 6.45) is 7.09. The third kappa shape index (κ3) is 2.50. The number of rotatable bonds is 2. The lowest BCUT2D eigenvalue weighted by Gasteiger charge is -2.36. The van der Waals surface area contributed by atoms with Gasteiger partial charge in [0.1, 0.15) is 17.5 Å². The molecule has 1 aliphatic heterocycles. The van der Waals surface area contributed by atoms with Gasteiger partial charge in [-0.05, 0) is 38.3 Å². The number of nitrogens with zero attached hydrogens (tertiary/aromatic N) is 7. The second kappa shape index (κ2) is 5.68. The van der Waals surface area contributed by atoms with Gasteiger partial charge in [0.05, 0.1) is 0 Å². The first-order valence-corrected chi connectivity index (χ1v) is 8.94. The molecule has 1 fully saturated rings. The molecular weight excluding hydrogens is 314 g/mol. The lowest BCUT2D eigenvalue weighted by molar-refractivity contribution is 0.632. The zero-order valence-corrected chi connectivity index (χ0v) is 14.4. The standard InChI is InChI=1S/C18H21N7/c1-13-20-15-4-2-3-14(15)18(21-13)24-11-9-23(10-12-24)17-6-5-16-19-7-8-25(16)22-17/h5-8H,2-4,9-12H2,1H3. The van der Waals surface area contributed by atoms with E-state index in [4.69, 9.17) is 4.98 Å². The molecule has 128 valence electrons. The summed E-state index contributed by atoms with van der Waals surface area (Å²) >= 11 is 0. The van der Waals surface area contributed by atoms with E-state index in [1.54, 1.807) is 6.20 Å². The van der Waals surface area contributed by atoms with Gasteiger partial charge in [-0.1, -0.05) is 0 Å². The zero-order chi connectivity index (χ0) is 16.8. The molecule has 0 spiro atoms. The maximum Gasteiger partial charge on any atom is 0.153 e. The third-order valence-corrected chi connectivity index (χ3v) is 5.17. The number of aryl methyl sites for hydroxylation is 2. The fourth-order valence-corrected chi connectivity index (χ4v) is 3.92. The largest absolute Gasteiger partial charge is 0.353 e. The Labute approximate surface area is 146 Å². The van der Waals surface area contributed by atoms with Crippen LogP contribution >= 0.6 is 0 Å². The van der Waals surface area contributed by atoms with E-state index in [0.717, 1.165) is 62.1 Å². The van der Waals surface area contributed by atoms with Crippen LogP contribution in [-0.4, -0.2) is 50.7 Å². The second-order valence-corrected chi connectivity index (χ2v) is 6.77. The first kappa shape index (κ1) is 14.6. The molecule has 25 heavy (non-hydrogen) atoms. The fraction of sp³-hybridized carbons (Fsp3) is 0.444. The Morgan fingerprint density at radius 1 is 0.960 bits per heavy atom. The molecule has 7 heteroatoms. The minimum absolute atomic E-state index is 0.884. The van der Waals surface area contributed by atoms with Crippen LogP contribution in [0, 0.1) is 6.92 Å². The van der Waals surface area contributed by atoms with Gasteiger partial charge in [0, 0.05) is 49.8 Å². The average molecular weight is 335 g/mol. The molecule has 0 unspecified atom stereocenters. The number of fused-ring (bicyclic) bond motifs is 2. The molecule has 0 radical (unpaired) electrons. The van der Waals surface area contributed by atoms with Crippen LogP contribution < -0.4 is 9.80 Å². The Kier molecular flexibility index (Phi) is 3.33. The highest BCUT2D eigenvalue weighted by Gasteiger charge is 2.25. The Balaban J connectivity index is 1.36. The van der Waals surface area contributed by atoms with Gasteiger partial charge < -0.3 is 9.80 Å². The molecule has 0 saturated carbocycles. The zero-order valence-electron chi connectivity index (χ0n) is 14.4. The topological polar surface area (TPSA) is 62.5 Å². The number of piperazine rings is 1. The molecule has 0 aromatic carbocycles. The van der Waals surface area contributed by atoms with Crippen LogP contribution in [0.15, 0.2) is 24.5 Å². The van der Waals surface area contributed by atoms with Gasteiger partial charge in [0.2, 0.25) is 0 Å². The van der Waals surface area contributed by atoms with E-state index in [1.807, 2.05) is 23.7 Å². The predicted octanol–water partition coefficient (Wildman–Crippen LogP) is 1.64. The summed E-state index contributed by atoms with van der Waals surface area (Å²) < 4.78 is 1.84. The molecule has 3 aromatic rings. The molecule has 1 saturated heterocycles. The van der Waals surface area contributed by atoms with E-state index in [1.165, 1.54) is 17.7 Å². The monoisotopic (exact) mass is 335 g/mol. The van der Waals surface area contributed by atoms with Crippen molar-refractivity contribution in [3.8, 4) is 0 Å². The van der Waals surface area contributed by atoms with Gasteiger partial charge in [0.15, 0.2) is 5.65 Å². The second-order valence-electron chi connectivity index (χ2n) is 6.77. The van der Waals surface area contributed by atoms with Gasteiger partial charge in [-0.15, -0.1) is 5.10 Å². The molecule has 7 nitrogen and oxygen atoms in total. The van der Waals surface area contributed by atoms with Crippen LogP contribution in [0.2, 0.25) is 0 Å². The number of hydrogen-bond donors (Lipinski definition) is 0. The van der Waals surface area contributed by atoms with Gasteiger partial charge in [0.25, 0.3) is 0 Å². The van der Waals surface area contributed by atoms with E-state index in [9.17, 15) is 0 Å². The molecule has 4 heterocycles. The summed E-state index contributed by atoms with van der Waals surface area (Å²) in [7, 11) is 0. The maximum absolute atomic E-state index is 4.77. The normalized spacial score (nSPS) is 17.3. The van der Waals surface area contributed by atoms with Crippen molar-refractivity contribution < 1.29 is 0 Å². The van der Waals surface area contributed by atoms with Crippen LogP contribution in [0.1, 0.15) is 23.5 Å². The smallest absolute Gasteiger partial charge is 0.153 e. The van der Waals surface area contributed by atoms with E-state index in [-0.39, 0.29) is 0 Å². The minimum Gasteiger partial charge on any atom is -0.353 e. The van der Waals surface area contributed by atoms with Gasteiger partial charge in [-0.3, -0.25) is 0 Å². The number of aromatic nitrogens is 5. The molecule has 2 aliphatic rings. The Morgan fingerprint density at radius 3 is 2.68 bits per heavy atom. The molecule has 5 rings (SSSR count). The first-order chi connectivity index (χ1) is 12.3. The molecule has 0 amide bonds. The summed E-state index contributed by atoms with van der Waals surface area (Å²) in [4.78, 5) is 18.4. The minimum atomic E-state index is 0.884. The summed E-state index contributed by atoms with van der Waals surface area (Å²) in [5, 5.41) is 4.66. The van der Waals surface area contributed by atoms with E-state index >= 15 is 0 Å². The Bertz CT molecular complexity index is 924. The number of hydrogen-bond acceptors (Lipinski definition) is 6. The summed E-state index contributed by atoms with van der Waals surface area (Å²) in [6, 6.07) is 4.08. The highest BCUT2D eigenvalue weighted by molar-refractivity contribution is 5.53. The van der Waals surface area contributed by atoms with Crippen molar-refractivity contribution in [2.45, 2.75) is 26.2 Å². The quantitative estimate of drug-likeness (QED) is 0.709. The van der Waals surface area contributed by atoms with E-state index in [2.05, 4.69) is 30.9 Å². The van der Waals surface area contributed by atoms with Crippen molar-refractivity contribution in [2.24, 2.45) is 0 Å². The molecule has 1 aliphatic carbocycles. The lowest BCUT2D eigenvalue weighted by Crippen LogP contribution is -2.47. The van der Waals surface area contributed by atoms with Crippen molar-refractivity contribution in [1.29, 1.82) is 0 Å². The van der Waals surface area contributed by atoms with E-state index in [0.29, 0.717) is 0 Å². The van der Waals surface area contributed by atoms with Gasteiger partial charge in [-0.25, -0.2) is 19.5 Å². The molecule has 0 atom stereocenters. The van der Waals surface area contributed by atoms with Crippen LogP contribution in [0.4, 0.5) is 11.6 Å². The summed E-state index contributed by atoms with van der Waals surface area (Å²) in [6.45, 7) is 5.83. The van der Waals surface area contributed by atoms with Crippen molar-refractivity contribution in [3.63, 3.8) is 0 Å². The lowest BCUT2D eigenvalue weighted by atomic mass is 10.2.